The number of hydrogen-bond acceptors (Lipinski definition) is 3. The van der Waals surface area contributed by atoms with Gasteiger partial charge in [-0.05, 0) is 0 Å². The molecule has 3 nitrogen and oxygen atoms in total. The van der Waals surface area contributed by atoms with Crippen LogP contribution in [0.2, 0.25) is 0 Å². The predicted molar refractivity (Wildman–Crippen MR) is 69.2 cm³/mol. The van der Waals surface area contributed by atoms with Crippen molar-refractivity contribution in [3.63, 3.8) is 0 Å². The second-order valence-electron chi connectivity index (χ2n) is 3.50. The zero-order chi connectivity index (χ0) is 12.1. The average molecular weight is 326 g/mol. The Hall–Kier alpha value is -0.420. The summed E-state index contributed by atoms with van der Waals surface area (Å²) in [7, 11) is -3.19. The minimum absolute atomic E-state index is 0. The molecule has 0 bridgehead atoms. The summed E-state index contributed by atoms with van der Waals surface area (Å²) in [5.41, 5.74) is 0. The first-order valence-electron chi connectivity index (χ1n) is 5.14. The summed E-state index contributed by atoms with van der Waals surface area (Å²) in [6, 6.07) is 17.5. The van der Waals surface area contributed by atoms with Crippen molar-refractivity contribution in [1.82, 2.24) is 0 Å². The molecule has 0 saturated heterocycles. The van der Waals surface area contributed by atoms with Gasteiger partial charge in [0.05, 0.1) is 0 Å². The van der Waals surface area contributed by atoms with Crippen LogP contribution in [0.1, 0.15) is 0 Å². The van der Waals surface area contributed by atoms with Crippen LogP contribution < -0.4 is 3.56 Å². The Balaban J connectivity index is 0.00000162. The van der Waals surface area contributed by atoms with Crippen LogP contribution in [0.4, 0.5) is 0 Å². The first-order chi connectivity index (χ1) is 8.18. The van der Waals surface area contributed by atoms with Gasteiger partial charge in [-0.25, -0.2) is 0 Å². The van der Waals surface area contributed by atoms with Crippen molar-refractivity contribution in [2.24, 2.45) is 0 Å². The molecule has 6 heteroatoms. The van der Waals surface area contributed by atoms with Crippen molar-refractivity contribution in [3.05, 3.63) is 60.7 Å². The van der Waals surface area contributed by atoms with Gasteiger partial charge in [0.2, 0.25) is 0 Å². The van der Waals surface area contributed by atoms with Crippen molar-refractivity contribution >= 4 is 30.9 Å². The number of rotatable bonds is 4. The van der Waals surface area contributed by atoms with Crippen molar-refractivity contribution in [3.8, 4) is 5.75 Å². The molecular formula is C12H12MgO3SZn. The predicted octanol–water partition coefficient (Wildman–Crippen LogP) is 1.54. The number of benzene rings is 2. The molecular weight excluding hydrogens is 314 g/mol. The van der Waals surface area contributed by atoms with E-state index in [9.17, 15) is 8.42 Å². The van der Waals surface area contributed by atoms with Gasteiger partial charge in [-0.3, -0.25) is 0 Å². The van der Waals surface area contributed by atoms with E-state index in [1.54, 1.807) is 42.5 Å². The first kappa shape index (κ1) is 15.6. The zero-order valence-corrected chi connectivity index (χ0v) is 12.9. The van der Waals surface area contributed by atoms with Gasteiger partial charge < -0.3 is 0 Å². The van der Waals surface area contributed by atoms with Gasteiger partial charge in [0.1, 0.15) is 0 Å². The normalized spacial score (nSPS) is 10.0. The van der Waals surface area contributed by atoms with E-state index in [1.807, 2.05) is 18.2 Å². The minimum atomic E-state index is -3.19. The van der Waals surface area contributed by atoms with E-state index < -0.39 is 24.1 Å². The van der Waals surface area contributed by atoms with Crippen molar-refractivity contribution in [1.29, 1.82) is 0 Å². The monoisotopic (exact) mass is 324 g/mol. The second-order valence-corrected chi connectivity index (χ2v) is 12.3. The van der Waals surface area contributed by atoms with Crippen molar-refractivity contribution < 1.29 is 28.3 Å². The molecule has 0 heterocycles. The van der Waals surface area contributed by atoms with Gasteiger partial charge in [0.25, 0.3) is 0 Å². The summed E-state index contributed by atoms with van der Waals surface area (Å²) in [4.78, 5) is 0.357. The van der Waals surface area contributed by atoms with Gasteiger partial charge in [-0.2, -0.15) is 0 Å². The third-order valence-electron chi connectivity index (χ3n) is 2.23. The third kappa shape index (κ3) is 4.35. The Morgan fingerprint density at radius 1 is 0.833 bits per heavy atom. The Kier molecular flexibility index (Phi) is 6.29. The number of para-hydroxylation sites is 1. The quantitative estimate of drug-likeness (QED) is 0.801. The molecule has 0 aliphatic carbocycles. The molecule has 0 aromatic heterocycles. The molecule has 0 radical (unpaired) electrons. The zero-order valence-electron chi connectivity index (χ0n) is 9.11. The molecule has 0 aliphatic heterocycles. The van der Waals surface area contributed by atoms with Gasteiger partial charge >= 0.3 is 130 Å². The van der Waals surface area contributed by atoms with Gasteiger partial charge in [0.15, 0.2) is 0 Å². The molecule has 0 amide bonds. The molecule has 0 atom stereocenters. The SMILES string of the molecule is O=[S](=O)([Zn][O]c1ccccc1)c1ccccc1.[MgH2]. The van der Waals surface area contributed by atoms with E-state index in [2.05, 4.69) is 0 Å². The maximum atomic E-state index is 12.0. The van der Waals surface area contributed by atoms with E-state index >= 15 is 0 Å². The average Bonchev–Trinajstić information content (AvgIpc) is 2.39. The largest absolute Gasteiger partial charge is 0.316 e. The summed E-state index contributed by atoms with van der Waals surface area (Å²) >= 11 is -2.15. The molecule has 2 rings (SSSR count). The molecule has 0 N–H and O–H groups in total. The molecule has 0 spiro atoms. The van der Waals surface area contributed by atoms with E-state index in [1.165, 1.54) is 0 Å². The third-order valence-corrected chi connectivity index (χ3v) is 9.14. The van der Waals surface area contributed by atoms with E-state index in [-0.39, 0.29) is 23.1 Å². The van der Waals surface area contributed by atoms with Crippen LogP contribution in [0.25, 0.3) is 0 Å². The van der Waals surface area contributed by atoms with Crippen LogP contribution >= 0.6 is 0 Å². The number of hydrogen-bond donors (Lipinski definition) is 0. The van der Waals surface area contributed by atoms with E-state index in [4.69, 9.17) is 3.56 Å². The second kappa shape index (κ2) is 7.24. The molecule has 2 aromatic rings. The summed E-state index contributed by atoms with van der Waals surface area (Å²) < 4.78 is 29.4. The van der Waals surface area contributed by atoms with Gasteiger partial charge in [-0.15, -0.1) is 0 Å². The Morgan fingerprint density at radius 2 is 1.33 bits per heavy atom. The fourth-order valence-electron chi connectivity index (χ4n) is 1.36. The first-order valence-corrected chi connectivity index (χ1v) is 11.6. The summed E-state index contributed by atoms with van der Waals surface area (Å²) in [6.45, 7) is 0. The molecule has 0 aliphatic rings. The van der Waals surface area contributed by atoms with Crippen LogP contribution in [0.3, 0.4) is 0 Å². The Morgan fingerprint density at radius 3 is 1.89 bits per heavy atom. The Labute approximate surface area is 129 Å². The molecule has 18 heavy (non-hydrogen) atoms. The minimum Gasteiger partial charge on any atom is 0.316 e. The van der Waals surface area contributed by atoms with E-state index in [0.717, 1.165) is 0 Å². The van der Waals surface area contributed by atoms with Crippen LogP contribution in [0.15, 0.2) is 65.6 Å². The summed E-state index contributed by atoms with van der Waals surface area (Å²) in [6.07, 6.45) is 0. The topological polar surface area (TPSA) is 43.4 Å². The summed E-state index contributed by atoms with van der Waals surface area (Å²) in [5, 5.41) is 0. The maximum Gasteiger partial charge on any atom is 0.316 e. The van der Waals surface area contributed by atoms with Crippen LogP contribution in [0.5, 0.6) is 5.75 Å². The van der Waals surface area contributed by atoms with Crippen molar-refractivity contribution in [2.75, 3.05) is 0 Å². The van der Waals surface area contributed by atoms with Crippen LogP contribution in [-0.2, 0) is 24.1 Å². The smallest absolute Gasteiger partial charge is 0.316 e. The standard InChI is InChI=1S/C6H5O2S.C6H6O.Mg.Zn.2H/c7-9(8)6-4-2-1-3-5-6;7-6-4-2-1-3-5-6;;;;/h1-5H;1-5,7H;;;;/q;;;+1;;/p-1. The van der Waals surface area contributed by atoms with Gasteiger partial charge in [0, 0.05) is 0 Å². The fraction of sp³-hybridized carbons (Fsp3) is 0. The van der Waals surface area contributed by atoms with Crippen LogP contribution in [-0.4, -0.2) is 31.5 Å². The fourth-order valence-corrected chi connectivity index (χ4v) is 6.66. The van der Waals surface area contributed by atoms with Gasteiger partial charge in [-0.1, -0.05) is 0 Å². The molecule has 0 saturated carbocycles. The molecule has 0 fully saturated rings. The molecule has 88 valence electrons. The molecule has 0 unspecified atom stereocenters. The van der Waals surface area contributed by atoms with Crippen molar-refractivity contribution in [2.45, 2.75) is 4.90 Å². The summed E-state index contributed by atoms with van der Waals surface area (Å²) in [5.74, 6) is 0.631. The van der Waals surface area contributed by atoms with E-state index in [0.29, 0.717) is 10.6 Å². The molecule has 2 aromatic carbocycles. The Bertz CT molecular complexity index is 573. The maximum absolute atomic E-state index is 12.0. The van der Waals surface area contributed by atoms with Crippen LogP contribution in [0, 0.1) is 0 Å².